The fourth-order valence-corrected chi connectivity index (χ4v) is 2.59. The molecular weight excluding hydrogens is 252 g/mol. The molecule has 0 unspecified atom stereocenters. The van der Waals surface area contributed by atoms with Gasteiger partial charge in [-0.05, 0) is 6.92 Å². The van der Waals surface area contributed by atoms with Crippen LogP contribution in [0.4, 0.5) is 10.7 Å². The zero-order chi connectivity index (χ0) is 13.7. The van der Waals surface area contributed by atoms with Gasteiger partial charge in [-0.3, -0.25) is 10.1 Å². The van der Waals surface area contributed by atoms with Crippen molar-refractivity contribution in [3.05, 3.63) is 46.4 Å². The Morgan fingerprint density at radius 1 is 1.56 bits per heavy atom. The van der Waals surface area contributed by atoms with E-state index in [-0.39, 0.29) is 5.69 Å². The van der Waals surface area contributed by atoms with Gasteiger partial charge in [-0.15, -0.1) is 24.5 Å². The van der Waals surface area contributed by atoms with E-state index in [2.05, 4.69) is 13.2 Å². The van der Waals surface area contributed by atoms with Crippen LogP contribution in [0.25, 0.3) is 0 Å². The third-order valence-corrected chi connectivity index (χ3v) is 3.66. The Morgan fingerprint density at radius 3 is 2.50 bits per heavy atom. The van der Waals surface area contributed by atoms with Crippen LogP contribution < -0.4 is 4.90 Å². The summed E-state index contributed by atoms with van der Waals surface area (Å²) in [4.78, 5) is 13.0. The molecular formula is C12H16N2O3S. The number of aliphatic hydroxyl groups is 1. The molecule has 5 nitrogen and oxygen atoms in total. The van der Waals surface area contributed by atoms with Crippen LogP contribution in [0.15, 0.2) is 31.4 Å². The van der Waals surface area contributed by atoms with Crippen molar-refractivity contribution in [2.45, 2.75) is 13.0 Å². The first-order valence-electron chi connectivity index (χ1n) is 5.44. The molecule has 0 bridgehead atoms. The number of hydrogen-bond acceptors (Lipinski definition) is 5. The second-order valence-electron chi connectivity index (χ2n) is 3.75. The van der Waals surface area contributed by atoms with Crippen molar-refractivity contribution in [1.82, 2.24) is 0 Å². The lowest BCUT2D eigenvalue weighted by atomic mass is 10.3. The van der Waals surface area contributed by atoms with Gasteiger partial charge in [-0.2, -0.15) is 0 Å². The standard InChI is InChI=1S/C12H16N2O3S/c1-4-6-13(7-5-2)12-10(14(16)17)8-11(18-12)9(3)15/h4-5,8-9,15H,1-2,6-7H2,3H3/t9-/m1/s1. The number of nitro groups is 1. The zero-order valence-electron chi connectivity index (χ0n) is 10.2. The minimum Gasteiger partial charge on any atom is -0.388 e. The van der Waals surface area contributed by atoms with E-state index in [0.29, 0.717) is 23.0 Å². The molecule has 0 aromatic carbocycles. The lowest BCUT2D eigenvalue weighted by Gasteiger charge is -2.18. The van der Waals surface area contributed by atoms with Gasteiger partial charge in [0.15, 0.2) is 5.00 Å². The van der Waals surface area contributed by atoms with Crippen LogP contribution in [0.2, 0.25) is 0 Å². The highest BCUT2D eigenvalue weighted by Crippen LogP contribution is 2.40. The topological polar surface area (TPSA) is 66.6 Å². The summed E-state index contributed by atoms with van der Waals surface area (Å²) in [6, 6.07) is 1.42. The Morgan fingerprint density at radius 2 is 2.11 bits per heavy atom. The van der Waals surface area contributed by atoms with E-state index in [1.807, 2.05) is 0 Å². The quantitative estimate of drug-likeness (QED) is 0.469. The van der Waals surface area contributed by atoms with Crippen molar-refractivity contribution in [3.8, 4) is 0 Å². The Labute approximate surface area is 110 Å². The molecule has 6 heteroatoms. The highest BCUT2D eigenvalue weighted by Gasteiger charge is 2.24. The van der Waals surface area contributed by atoms with Crippen molar-refractivity contribution in [3.63, 3.8) is 0 Å². The van der Waals surface area contributed by atoms with Crippen molar-refractivity contribution in [2.75, 3.05) is 18.0 Å². The highest BCUT2D eigenvalue weighted by atomic mass is 32.1. The van der Waals surface area contributed by atoms with Gasteiger partial charge in [0.2, 0.25) is 0 Å². The van der Waals surface area contributed by atoms with Gasteiger partial charge in [0.05, 0.1) is 11.0 Å². The molecule has 0 aliphatic rings. The fraction of sp³-hybridized carbons (Fsp3) is 0.333. The number of rotatable bonds is 7. The summed E-state index contributed by atoms with van der Waals surface area (Å²) in [7, 11) is 0. The number of aliphatic hydroxyl groups excluding tert-OH is 1. The minimum atomic E-state index is -0.711. The normalized spacial score (nSPS) is 11.9. The maximum absolute atomic E-state index is 11.0. The molecule has 1 aromatic rings. The molecule has 1 N–H and O–H groups in total. The Hall–Kier alpha value is -1.66. The number of thiophene rings is 1. The Kier molecular flexibility index (Phi) is 5.06. The second-order valence-corrected chi connectivity index (χ2v) is 4.82. The van der Waals surface area contributed by atoms with E-state index in [1.54, 1.807) is 24.0 Å². The monoisotopic (exact) mass is 268 g/mol. The van der Waals surface area contributed by atoms with E-state index in [0.717, 1.165) is 0 Å². The first-order valence-corrected chi connectivity index (χ1v) is 6.25. The molecule has 0 amide bonds. The summed E-state index contributed by atoms with van der Waals surface area (Å²) in [6.45, 7) is 9.84. The summed E-state index contributed by atoms with van der Waals surface area (Å²) in [5.41, 5.74) is 0.0135. The summed E-state index contributed by atoms with van der Waals surface area (Å²) < 4.78 is 0. The van der Waals surface area contributed by atoms with Gasteiger partial charge in [0.25, 0.3) is 0 Å². The molecule has 1 rings (SSSR count). The molecule has 0 fully saturated rings. The molecule has 0 spiro atoms. The number of nitrogens with zero attached hydrogens (tertiary/aromatic N) is 2. The average molecular weight is 268 g/mol. The molecule has 1 aromatic heterocycles. The predicted octanol–water partition coefficient (Wildman–Crippen LogP) is 2.89. The van der Waals surface area contributed by atoms with Gasteiger partial charge in [-0.1, -0.05) is 12.2 Å². The molecule has 0 aliphatic carbocycles. The van der Waals surface area contributed by atoms with Crippen LogP contribution in [0.5, 0.6) is 0 Å². The molecule has 0 saturated heterocycles. The van der Waals surface area contributed by atoms with Gasteiger partial charge < -0.3 is 10.0 Å². The van der Waals surface area contributed by atoms with E-state index in [4.69, 9.17) is 0 Å². The minimum absolute atomic E-state index is 0.0135. The lowest BCUT2D eigenvalue weighted by molar-refractivity contribution is -0.383. The largest absolute Gasteiger partial charge is 0.388 e. The van der Waals surface area contributed by atoms with Gasteiger partial charge >= 0.3 is 5.69 Å². The van der Waals surface area contributed by atoms with Crippen LogP contribution >= 0.6 is 11.3 Å². The summed E-state index contributed by atoms with van der Waals surface area (Å²) >= 11 is 1.22. The molecule has 1 atom stereocenters. The first kappa shape index (κ1) is 14.4. The maximum Gasteiger partial charge on any atom is 0.304 e. The molecule has 0 saturated carbocycles. The molecule has 0 radical (unpaired) electrons. The average Bonchev–Trinajstić information content (AvgIpc) is 2.73. The van der Waals surface area contributed by atoms with Crippen LogP contribution in [0.3, 0.4) is 0 Å². The van der Waals surface area contributed by atoms with E-state index >= 15 is 0 Å². The SMILES string of the molecule is C=CCN(CC=C)c1sc([C@@H](C)O)cc1[N+](=O)[O-]. The van der Waals surface area contributed by atoms with Crippen molar-refractivity contribution >= 4 is 22.0 Å². The van der Waals surface area contributed by atoms with Gasteiger partial charge in [0.1, 0.15) is 0 Å². The third-order valence-electron chi connectivity index (χ3n) is 2.31. The summed E-state index contributed by atoms with van der Waals surface area (Å²) in [6.07, 6.45) is 2.64. The van der Waals surface area contributed by atoms with E-state index in [1.165, 1.54) is 17.4 Å². The van der Waals surface area contributed by atoms with Crippen molar-refractivity contribution in [1.29, 1.82) is 0 Å². The predicted molar refractivity (Wildman–Crippen MR) is 74.2 cm³/mol. The van der Waals surface area contributed by atoms with Crippen LogP contribution in [0.1, 0.15) is 17.9 Å². The summed E-state index contributed by atoms with van der Waals surface area (Å²) in [5, 5.41) is 21.1. The molecule has 98 valence electrons. The van der Waals surface area contributed by atoms with E-state index in [9.17, 15) is 15.2 Å². The van der Waals surface area contributed by atoms with E-state index < -0.39 is 11.0 Å². The third kappa shape index (κ3) is 3.18. The smallest absolute Gasteiger partial charge is 0.304 e. The fourth-order valence-electron chi connectivity index (χ4n) is 1.51. The molecule has 1 heterocycles. The Bertz CT molecular complexity index is 444. The summed E-state index contributed by atoms with van der Waals surface area (Å²) in [5.74, 6) is 0. The molecule has 0 aliphatic heterocycles. The number of anilines is 1. The van der Waals surface area contributed by atoms with Gasteiger partial charge in [-0.25, -0.2) is 0 Å². The highest BCUT2D eigenvalue weighted by molar-refractivity contribution is 7.16. The first-order chi connectivity index (χ1) is 8.51. The van der Waals surface area contributed by atoms with Crippen LogP contribution in [0, 0.1) is 10.1 Å². The second kappa shape index (κ2) is 6.32. The lowest BCUT2D eigenvalue weighted by Crippen LogP contribution is -2.22. The maximum atomic E-state index is 11.0. The van der Waals surface area contributed by atoms with Gasteiger partial charge in [0, 0.05) is 24.0 Å². The molecule has 18 heavy (non-hydrogen) atoms. The van der Waals surface area contributed by atoms with Crippen LogP contribution in [-0.4, -0.2) is 23.1 Å². The number of hydrogen-bond donors (Lipinski definition) is 1. The van der Waals surface area contributed by atoms with Crippen molar-refractivity contribution < 1.29 is 10.0 Å². The van der Waals surface area contributed by atoms with Crippen molar-refractivity contribution in [2.24, 2.45) is 0 Å². The zero-order valence-corrected chi connectivity index (χ0v) is 11.0. The Balaban J connectivity index is 3.21. The van der Waals surface area contributed by atoms with Crippen LogP contribution in [-0.2, 0) is 0 Å².